The minimum atomic E-state index is -3.54. The number of hydrogen-bond donors (Lipinski definition) is 2. The number of fused-ring (bicyclic) bond motifs is 1. The lowest BCUT2D eigenvalue weighted by molar-refractivity contribution is 0.579. The van der Waals surface area contributed by atoms with Gasteiger partial charge in [0.2, 0.25) is 10.0 Å². The van der Waals surface area contributed by atoms with Gasteiger partial charge in [0.05, 0.1) is 17.1 Å². The van der Waals surface area contributed by atoms with Gasteiger partial charge in [-0.25, -0.2) is 13.1 Å². The Balaban J connectivity index is 1.78. The minimum Gasteiger partial charge on any atom is -0.385 e. The molecule has 0 unspecified atom stereocenters. The second-order valence-electron chi connectivity index (χ2n) is 4.89. The van der Waals surface area contributed by atoms with Crippen molar-refractivity contribution in [1.82, 2.24) is 14.9 Å². The lowest BCUT2D eigenvalue weighted by atomic mass is 10.0. The molecule has 2 N–H and O–H groups in total. The number of aryl methyl sites for hydroxylation is 1. The fraction of sp³-hybridized carbons (Fsp3) is 0.286. The van der Waals surface area contributed by atoms with Gasteiger partial charge in [-0.2, -0.15) is 10.2 Å². The fourth-order valence-corrected chi connectivity index (χ4v) is 3.35. The highest BCUT2D eigenvalue weighted by molar-refractivity contribution is 7.89. The Kier molecular flexibility index (Phi) is 3.85. The number of benzene rings is 1. The van der Waals surface area contributed by atoms with Crippen LogP contribution in [0.15, 0.2) is 41.4 Å². The molecule has 110 valence electrons. The van der Waals surface area contributed by atoms with Gasteiger partial charge in [0, 0.05) is 18.4 Å². The zero-order chi connectivity index (χ0) is 14.7. The average molecular weight is 304 g/mol. The standard InChI is InChI=1S/C14H16N4O2S/c19-21(20,17-10-12-4-2-8-16-18-12)13-5-6-14-11(9-13)3-1-7-15-14/h2,4-6,8-9,15,17H,1,3,7,10H2. The van der Waals surface area contributed by atoms with Gasteiger partial charge in [0.15, 0.2) is 0 Å². The van der Waals surface area contributed by atoms with Gasteiger partial charge in [0.25, 0.3) is 0 Å². The summed E-state index contributed by atoms with van der Waals surface area (Å²) in [4.78, 5) is 0.286. The molecule has 0 aliphatic carbocycles. The van der Waals surface area contributed by atoms with E-state index in [9.17, 15) is 8.42 Å². The van der Waals surface area contributed by atoms with Crippen LogP contribution in [0.4, 0.5) is 5.69 Å². The molecular formula is C14H16N4O2S. The number of anilines is 1. The number of rotatable bonds is 4. The quantitative estimate of drug-likeness (QED) is 0.890. The van der Waals surface area contributed by atoms with E-state index < -0.39 is 10.0 Å². The fourth-order valence-electron chi connectivity index (χ4n) is 2.30. The normalized spacial score (nSPS) is 14.3. The molecule has 0 radical (unpaired) electrons. The molecule has 1 aromatic carbocycles. The first kappa shape index (κ1) is 14.0. The third-order valence-electron chi connectivity index (χ3n) is 3.40. The monoisotopic (exact) mass is 304 g/mol. The van der Waals surface area contributed by atoms with Crippen molar-refractivity contribution in [3.05, 3.63) is 47.8 Å². The van der Waals surface area contributed by atoms with Crippen molar-refractivity contribution in [2.75, 3.05) is 11.9 Å². The first-order valence-corrected chi connectivity index (χ1v) is 8.26. The molecule has 7 heteroatoms. The Bertz CT molecular complexity index is 732. The van der Waals surface area contributed by atoms with E-state index in [0.29, 0.717) is 5.69 Å². The van der Waals surface area contributed by atoms with E-state index in [4.69, 9.17) is 0 Å². The highest BCUT2D eigenvalue weighted by atomic mass is 32.2. The molecule has 0 spiro atoms. The first-order chi connectivity index (χ1) is 10.1. The van der Waals surface area contributed by atoms with Crippen LogP contribution < -0.4 is 10.0 Å². The number of nitrogens with one attached hydrogen (secondary N) is 2. The van der Waals surface area contributed by atoms with E-state index in [1.807, 2.05) is 6.07 Å². The Hall–Kier alpha value is -1.99. The molecule has 1 aromatic heterocycles. The molecule has 0 amide bonds. The second-order valence-corrected chi connectivity index (χ2v) is 6.66. The highest BCUT2D eigenvalue weighted by Crippen LogP contribution is 2.24. The number of sulfonamides is 1. The van der Waals surface area contributed by atoms with E-state index in [-0.39, 0.29) is 11.4 Å². The van der Waals surface area contributed by atoms with Crippen molar-refractivity contribution in [3.8, 4) is 0 Å². The summed E-state index contributed by atoms with van der Waals surface area (Å²) >= 11 is 0. The van der Waals surface area contributed by atoms with Crippen LogP contribution in [0.25, 0.3) is 0 Å². The predicted octanol–water partition coefficient (Wildman–Crippen LogP) is 1.31. The summed E-state index contributed by atoms with van der Waals surface area (Å²) in [5.74, 6) is 0. The third-order valence-corrected chi connectivity index (χ3v) is 4.80. The summed E-state index contributed by atoms with van der Waals surface area (Å²) in [7, 11) is -3.54. The van der Waals surface area contributed by atoms with Gasteiger partial charge in [-0.3, -0.25) is 0 Å². The van der Waals surface area contributed by atoms with E-state index in [1.165, 1.54) is 0 Å². The van der Waals surface area contributed by atoms with Crippen LogP contribution >= 0.6 is 0 Å². The molecule has 1 aliphatic heterocycles. The molecular weight excluding hydrogens is 288 g/mol. The van der Waals surface area contributed by atoms with E-state index in [1.54, 1.807) is 30.5 Å². The largest absolute Gasteiger partial charge is 0.385 e. The van der Waals surface area contributed by atoms with Crippen molar-refractivity contribution in [1.29, 1.82) is 0 Å². The number of nitrogens with zero attached hydrogens (tertiary/aromatic N) is 2. The summed E-state index contributed by atoms with van der Waals surface area (Å²) in [6, 6.07) is 8.63. The van der Waals surface area contributed by atoms with Crippen LogP contribution in [0.1, 0.15) is 17.7 Å². The summed E-state index contributed by atoms with van der Waals surface area (Å²) in [5, 5.41) is 10.8. The lowest BCUT2D eigenvalue weighted by Crippen LogP contribution is -2.24. The molecule has 1 aliphatic rings. The molecule has 0 saturated heterocycles. The molecule has 2 heterocycles. The maximum Gasteiger partial charge on any atom is 0.240 e. The summed E-state index contributed by atoms with van der Waals surface area (Å²) in [6.45, 7) is 1.07. The second kappa shape index (κ2) is 5.79. The number of aromatic nitrogens is 2. The SMILES string of the molecule is O=S(=O)(NCc1cccnn1)c1ccc2c(c1)CCCN2. The molecule has 0 fully saturated rings. The molecule has 0 saturated carbocycles. The lowest BCUT2D eigenvalue weighted by Gasteiger charge is -2.18. The van der Waals surface area contributed by atoms with Crippen molar-refractivity contribution in [3.63, 3.8) is 0 Å². The molecule has 21 heavy (non-hydrogen) atoms. The van der Waals surface area contributed by atoms with Crippen LogP contribution in [0.2, 0.25) is 0 Å². The Morgan fingerprint density at radius 3 is 3.00 bits per heavy atom. The van der Waals surface area contributed by atoms with Crippen molar-refractivity contribution in [2.45, 2.75) is 24.3 Å². The van der Waals surface area contributed by atoms with Crippen LogP contribution in [0.5, 0.6) is 0 Å². The van der Waals surface area contributed by atoms with Gasteiger partial charge in [-0.05, 0) is 48.7 Å². The third kappa shape index (κ3) is 3.20. The summed E-state index contributed by atoms with van der Waals surface area (Å²) < 4.78 is 27.2. The maximum atomic E-state index is 12.3. The van der Waals surface area contributed by atoms with Gasteiger partial charge in [-0.15, -0.1) is 0 Å². The Morgan fingerprint density at radius 1 is 1.29 bits per heavy atom. The Labute approximate surface area is 123 Å². The Morgan fingerprint density at radius 2 is 2.19 bits per heavy atom. The van der Waals surface area contributed by atoms with Crippen LogP contribution in [0.3, 0.4) is 0 Å². The zero-order valence-corrected chi connectivity index (χ0v) is 12.2. The van der Waals surface area contributed by atoms with E-state index >= 15 is 0 Å². The van der Waals surface area contributed by atoms with Crippen molar-refractivity contribution >= 4 is 15.7 Å². The van der Waals surface area contributed by atoms with Gasteiger partial charge >= 0.3 is 0 Å². The topological polar surface area (TPSA) is 84.0 Å². The van der Waals surface area contributed by atoms with Crippen molar-refractivity contribution in [2.24, 2.45) is 0 Å². The average Bonchev–Trinajstić information content (AvgIpc) is 2.53. The molecule has 2 aromatic rings. The molecule has 6 nitrogen and oxygen atoms in total. The predicted molar refractivity (Wildman–Crippen MR) is 79.3 cm³/mol. The maximum absolute atomic E-state index is 12.3. The van der Waals surface area contributed by atoms with E-state index in [0.717, 1.165) is 30.6 Å². The number of hydrogen-bond acceptors (Lipinski definition) is 5. The molecule has 0 atom stereocenters. The highest BCUT2D eigenvalue weighted by Gasteiger charge is 2.17. The van der Waals surface area contributed by atoms with Crippen LogP contribution in [-0.2, 0) is 23.0 Å². The first-order valence-electron chi connectivity index (χ1n) is 6.78. The van der Waals surface area contributed by atoms with Crippen LogP contribution in [0, 0.1) is 0 Å². The smallest absolute Gasteiger partial charge is 0.240 e. The zero-order valence-electron chi connectivity index (χ0n) is 11.4. The minimum absolute atomic E-state index is 0.130. The van der Waals surface area contributed by atoms with Crippen LogP contribution in [-0.4, -0.2) is 25.2 Å². The summed E-state index contributed by atoms with van der Waals surface area (Å²) in [5.41, 5.74) is 2.65. The molecule has 0 bridgehead atoms. The van der Waals surface area contributed by atoms with Crippen molar-refractivity contribution < 1.29 is 8.42 Å². The van der Waals surface area contributed by atoms with Gasteiger partial charge in [0.1, 0.15) is 0 Å². The van der Waals surface area contributed by atoms with E-state index in [2.05, 4.69) is 20.2 Å². The van der Waals surface area contributed by atoms with Gasteiger partial charge in [-0.1, -0.05) is 0 Å². The van der Waals surface area contributed by atoms with Gasteiger partial charge < -0.3 is 5.32 Å². The summed E-state index contributed by atoms with van der Waals surface area (Å²) in [6.07, 6.45) is 3.47. The molecule has 3 rings (SSSR count).